The Hall–Kier alpha value is -6.66. The van der Waals surface area contributed by atoms with Gasteiger partial charge in [0.2, 0.25) is 0 Å². The van der Waals surface area contributed by atoms with Gasteiger partial charge in [0.25, 0.3) is 0 Å². The van der Waals surface area contributed by atoms with Gasteiger partial charge >= 0.3 is 0 Å². The van der Waals surface area contributed by atoms with E-state index in [0.717, 1.165) is 22.6 Å². The van der Waals surface area contributed by atoms with Crippen molar-refractivity contribution in [2.45, 2.75) is 19.3 Å². The van der Waals surface area contributed by atoms with Crippen molar-refractivity contribution in [3.63, 3.8) is 0 Å². The molecule has 2 aliphatic rings. The highest BCUT2D eigenvalue weighted by Gasteiger charge is 2.38. The van der Waals surface area contributed by atoms with Gasteiger partial charge in [-0.05, 0) is 114 Å². The van der Waals surface area contributed by atoms with Gasteiger partial charge in [0, 0.05) is 22.6 Å². The Balaban J connectivity index is 1.17. The first-order valence-electron chi connectivity index (χ1n) is 18.4. The standard InChI is InChI=1S/C52H37N/c1-52(2)48-33-38(47-32-37-18-9-10-23-41(37)42-24-11-12-25-43(42)47)29-31-46(48)51-45-27-14-13-26-44(45)50(34-49(51)52)53(39-20-7-4-8-21-39)40-22-15-19-36(28-30-40)35-16-5-3-6-17-35/h3-14,16-34H,1-2H3. The van der Waals surface area contributed by atoms with Crippen molar-refractivity contribution < 1.29 is 0 Å². The van der Waals surface area contributed by atoms with Crippen LogP contribution in [0, 0.1) is 0 Å². The number of nitrogens with zero attached hydrogens (tertiary/aromatic N) is 1. The van der Waals surface area contributed by atoms with E-state index in [1.807, 2.05) is 0 Å². The maximum absolute atomic E-state index is 3.51. The van der Waals surface area contributed by atoms with Crippen LogP contribution >= 0.6 is 0 Å². The van der Waals surface area contributed by atoms with E-state index in [-0.39, 0.29) is 5.41 Å². The van der Waals surface area contributed by atoms with E-state index in [9.17, 15) is 0 Å². The van der Waals surface area contributed by atoms with Crippen molar-refractivity contribution >= 4 is 49.3 Å². The quantitative estimate of drug-likeness (QED) is 0.130. The molecule has 8 aromatic carbocycles. The maximum Gasteiger partial charge on any atom is 0.0543 e. The Morgan fingerprint density at radius 2 is 1.13 bits per heavy atom. The summed E-state index contributed by atoms with van der Waals surface area (Å²) in [5, 5.41) is 7.63. The van der Waals surface area contributed by atoms with E-state index in [2.05, 4.69) is 213 Å². The molecule has 0 amide bonds. The Bertz CT molecular complexity index is 2880. The van der Waals surface area contributed by atoms with Gasteiger partial charge in [-0.3, -0.25) is 0 Å². The molecule has 0 fully saturated rings. The first-order valence-corrected chi connectivity index (χ1v) is 18.4. The fraction of sp³-hybridized carbons (Fsp3) is 0.0577. The minimum Gasteiger partial charge on any atom is -0.309 e. The number of para-hydroxylation sites is 1. The van der Waals surface area contributed by atoms with E-state index in [0.29, 0.717) is 0 Å². The third-order valence-electron chi connectivity index (χ3n) is 11.3. The third kappa shape index (κ3) is 5.01. The number of fused-ring (bicyclic) bond motifs is 8. The predicted octanol–water partition coefficient (Wildman–Crippen LogP) is 13.9. The van der Waals surface area contributed by atoms with Crippen molar-refractivity contribution in [3.8, 4) is 22.3 Å². The van der Waals surface area contributed by atoms with Crippen LogP contribution < -0.4 is 4.90 Å². The Morgan fingerprint density at radius 1 is 0.472 bits per heavy atom. The molecular weight excluding hydrogens is 639 g/mol. The van der Waals surface area contributed by atoms with Gasteiger partial charge in [-0.15, -0.1) is 5.73 Å². The molecule has 0 aliphatic heterocycles. The summed E-state index contributed by atoms with van der Waals surface area (Å²) in [6.07, 6.45) is 8.64. The zero-order chi connectivity index (χ0) is 35.5. The van der Waals surface area contributed by atoms with Gasteiger partial charge < -0.3 is 4.90 Å². The van der Waals surface area contributed by atoms with Crippen LogP contribution in [0.2, 0.25) is 0 Å². The van der Waals surface area contributed by atoms with Crippen molar-refractivity contribution in [2.75, 3.05) is 4.90 Å². The van der Waals surface area contributed by atoms with Gasteiger partial charge in [-0.2, -0.15) is 0 Å². The lowest BCUT2D eigenvalue weighted by molar-refractivity contribution is 0.661. The highest BCUT2D eigenvalue weighted by Crippen LogP contribution is 2.55. The molecule has 1 heteroatoms. The van der Waals surface area contributed by atoms with Gasteiger partial charge in [0.05, 0.1) is 11.4 Å². The molecule has 0 saturated heterocycles. The van der Waals surface area contributed by atoms with Crippen molar-refractivity contribution in [1.82, 2.24) is 0 Å². The van der Waals surface area contributed by atoms with Gasteiger partial charge in [-0.25, -0.2) is 0 Å². The topological polar surface area (TPSA) is 3.24 Å². The molecule has 250 valence electrons. The number of anilines is 2. The third-order valence-corrected chi connectivity index (χ3v) is 11.3. The Morgan fingerprint density at radius 3 is 1.92 bits per heavy atom. The summed E-state index contributed by atoms with van der Waals surface area (Å²) in [6.45, 7) is 4.79. The molecule has 0 bridgehead atoms. The molecular formula is C52H37N. The van der Waals surface area contributed by atoms with Crippen LogP contribution in [-0.2, 0) is 5.41 Å². The van der Waals surface area contributed by atoms with E-state index in [4.69, 9.17) is 0 Å². The van der Waals surface area contributed by atoms with Crippen LogP contribution in [-0.4, -0.2) is 0 Å². The highest BCUT2D eigenvalue weighted by molar-refractivity contribution is 6.14. The summed E-state index contributed by atoms with van der Waals surface area (Å²) in [6, 6.07) is 59.8. The monoisotopic (exact) mass is 675 g/mol. The zero-order valence-electron chi connectivity index (χ0n) is 29.8. The first-order chi connectivity index (χ1) is 26.1. The molecule has 2 aliphatic carbocycles. The second-order valence-electron chi connectivity index (χ2n) is 14.6. The van der Waals surface area contributed by atoms with Gasteiger partial charge in [0.15, 0.2) is 0 Å². The summed E-state index contributed by atoms with van der Waals surface area (Å²) < 4.78 is 0. The van der Waals surface area contributed by atoms with Gasteiger partial charge in [-0.1, -0.05) is 153 Å². The summed E-state index contributed by atoms with van der Waals surface area (Å²) in [5.41, 5.74) is 16.8. The maximum atomic E-state index is 3.51. The van der Waals surface area contributed by atoms with E-state index in [1.54, 1.807) is 0 Å². The molecule has 53 heavy (non-hydrogen) atoms. The molecule has 0 saturated carbocycles. The van der Waals surface area contributed by atoms with E-state index < -0.39 is 0 Å². The van der Waals surface area contributed by atoms with Crippen molar-refractivity contribution in [1.29, 1.82) is 0 Å². The number of hydrogen-bond donors (Lipinski definition) is 0. The fourth-order valence-corrected chi connectivity index (χ4v) is 8.65. The number of benzene rings is 8. The van der Waals surface area contributed by atoms with E-state index in [1.165, 1.54) is 71.3 Å². The summed E-state index contributed by atoms with van der Waals surface area (Å²) in [4.78, 5) is 2.40. The van der Waals surface area contributed by atoms with Crippen molar-refractivity contribution in [2.24, 2.45) is 0 Å². The molecule has 0 N–H and O–H groups in total. The minimum atomic E-state index is -0.234. The number of rotatable bonds is 5. The molecule has 10 rings (SSSR count). The highest BCUT2D eigenvalue weighted by atomic mass is 15.1. The fourth-order valence-electron chi connectivity index (χ4n) is 8.65. The average Bonchev–Trinajstić information content (AvgIpc) is 3.33. The normalized spacial score (nSPS) is 14.2. The summed E-state index contributed by atoms with van der Waals surface area (Å²) in [7, 11) is 0. The molecule has 0 aromatic heterocycles. The minimum absolute atomic E-state index is 0.234. The largest absolute Gasteiger partial charge is 0.309 e. The summed E-state index contributed by atoms with van der Waals surface area (Å²) in [5.74, 6) is 0. The second-order valence-corrected chi connectivity index (χ2v) is 14.6. The number of allylic oxidation sites excluding steroid dienone is 4. The Labute approximate surface area is 310 Å². The Kier molecular flexibility index (Phi) is 7.18. The summed E-state index contributed by atoms with van der Waals surface area (Å²) >= 11 is 0. The molecule has 0 atom stereocenters. The zero-order valence-corrected chi connectivity index (χ0v) is 29.8. The van der Waals surface area contributed by atoms with Crippen LogP contribution in [0.1, 0.15) is 30.5 Å². The molecule has 0 unspecified atom stereocenters. The SMILES string of the molecule is CC1(C)c2cc(-c3cc4ccccc4c4ccccc34)ccc2-c2c1cc(N(C1=CC=C(c3ccccc3)C=C=C1)c1ccccc1)c1ccccc21. The van der Waals surface area contributed by atoms with E-state index >= 15 is 0 Å². The van der Waals surface area contributed by atoms with Crippen LogP contribution in [0.4, 0.5) is 11.4 Å². The predicted molar refractivity (Wildman–Crippen MR) is 226 cm³/mol. The lowest BCUT2D eigenvalue weighted by atomic mass is 9.80. The van der Waals surface area contributed by atoms with Crippen LogP contribution in [0.15, 0.2) is 200 Å². The number of hydrogen-bond acceptors (Lipinski definition) is 1. The lowest BCUT2D eigenvalue weighted by Crippen LogP contribution is -2.19. The lowest BCUT2D eigenvalue weighted by Gasteiger charge is -2.30. The molecule has 0 spiro atoms. The van der Waals surface area contributed by atoms with Crippen LogP contribution in [0.5, 0.6) is 0 Å². The van der Waals surface area contributed by atoms with Crippen LogP contribution in [0.3, 0.4) is 0 Å². The average molecular weight is 676 g/mol. The van der Waals surface area contributed by atoms with Gasteiger partial charge in [0.1, 0.15) is 0 Å². The molecule has 0 heterocycles. The second kappa shape index (κ2) is 12.2. The van der Waals surface area contributed by atoms with Crippen molar-refractivity contribution in [3.05, 3.63) is 216 Å². The molecule has 8 aromatic rings. The van der Waals surface area contributed by atoms with Crippen LogP contribution in [0.25, 0.3) is 60.1 Å². The molecule has 0 radical (unpaired) electrons. The molecule has 1 nitrogen and oxygen atoms in total. The first kappa shape index (κ1) is 31.1. The smallest absolute Gasteiger partial charge is 0.0543 e.